The van der Waals surface area contributed by atoms with E-state index in [4.69, 9.17) is 0 Å². The number of amidine groups is 1. The van der Waals surface area contributed by atoms with E-state index >= 15 is 0 Å². The van der Waals surface area contributed by atoms with Crippen molar-refractivity contribution in [2.75, 3.05) is 5.32 Å². The summed E-state index contributed by atoms with van der Waals surface area (Å²) in [5, 5.41) is 13.8. The Morgan fingerprint density at radius 3 is 2.79 bits per heavy atom. The van der Waals surface area contributed by atoms with Gasteiger partial charge in [-0.25, -0.2) is 12.8 Å². The van der Waals surface area contributed by atoms with Crippen LogP contribution in [0, 0.1) is 12.7 Å². The lowest BCUT2D eigenvalue weighted by atomic mass is 10.1. The van der Waals surface area contributed by atoms with Crippen molar-refractivity contribution in [3.8, 4) is 5.69 Å². The molecule has 1 unspecified atom stereocenters. The summed E-state index contributed by atoms with van der Waals surface area (Å²) >= 11 is 0. The van der Waals surface area contributed by atoms with Crippen molar-refractivity contribution in [1.82, 2.24) is 24.9 Å². The van der Waals surface area contributed by atoms with Gasteiger partial charge in [-0.1, -0.05) is 31.9 Å². The third kappa shape index (κ3) is 4.60. The monoisotopic (exact) mass is 471 g/mol. The molecule has 2 heterocycles. The number of carbonyl (C=O) groups is 1. The Balaban J connectivity index is 1.63. The predicted octanol–water partition coefficient (Wildman–Crippen LogP) is 2.35. The molecule has 0 aliphatic carbocycles. The lowest BCUT2D eigenvalue weighted by Gasteiger charge is -2.15. The molecule has 0 spiro atoms. The number of amides is 1. The minimum atomic E-state index is -3.72. The van der Waals surface area contributed by atoms with Gasteiger partial charge in [-0.3, -0.25) is 14.5 Å². The molecule has 1 amide bonds. The fourth-order valence-corrected chi connectivity index (χ4v) is 4.71. The Morgan fingerprint density at radius 2 is 2.06 bits per heavy atom. The third-order valence-corrected chi connectivity index (χ3v) is 6.55. The van der Waals surface area contributed by atoms with E-state index in [9.17, 15) is 17.6 Å². The molecular weight excluding hydrogens is 449 g/mol. The Hall–Kier alpha value is -3.67. The summed E-state index contributed by atoms with van der Waals surface area (Å²) in [5.74, 6) is -0.476. The highest BCUT2D eigenvalue weighted by molar-refractivity contribution is 7.90. The van der Waals surface area contributed by atoms with Crippen LogP contribution < -0.4 is 10.0 Å². The van der Waals surface area contributed by atoms with Gasteiger partial charge in [0, 0.05) is 11.3 Å². The van der Waals surface area contributed by atoms with Gasteiger partial charge in [-0.05, 0) is 54.1 Å². The molecule has 1 atom stereocenters. The smallest absolute Gasteiger partial charge is 0.263 e. The van der Waals surface area contributed by atoms with Gasteiger partial charge in [0.2, 0.25) is 5.91 Å². The van der Waals surface area contributed by atoms with E-state index < -0.39 is 27.8 Å². The summed E-state index contributed by atoms with van der Waals surface area (Å²) in [6.07, 6.45) is 1.95. The maximum atomic E-state index is 14.3. The van der Waals surface area contributed by atoms with Gasteiger partial charge < -0.3 is 5.32 Å². The third-order valence-electron chi connectivity index (χ3n) is 5.15. The van der Waals surface area contributed by atoms with Crippen molar-refractivity contribution in [1.29, 1.82) is 0 Å². The molecule has 172 valence electrons. The van der Waals surface area contributed by atoms with E-state index in [1.54, 1.807) is 25.1 Å². The summed E-state index contributed by atoms with van der Waals surface area (Å²) in [4.78, 5) is 17.7. The summed E-state index contributed by atoms with van der Waals surface area (Å²) < 4.78 is 42.8. The van der Waals surface area contributed by atoms with Crippen molar-refractivity contribution >= 4 is 27.5 Å². The number of carbonyl (C=O) groups excluding carboxylic acids is 1. The zero-order valence-corrected chi connectivity index (χ0v) is 18.8. The number of rotatable bonds is 7. The predicted molar refractivity (Wildman–Crippen MR) is 119 cm³/mol. The minimum absolute atomic E-state index is 0.0872. The molecule has 0 saturated heterocycles. The van der Waals surface area contributed by atoms with Gasteiger partial charge in [0.1, 0.15) is 23.4 Å². The molecule has 1 aromatic heterocycles. The van der Waals surface area contributed by atoms with E-state index in [1.807, 2.05) is 6.92 Å². The number of aliphatic imine (C=N–C) groups is 1. The van der Waals surface area contributed by atoms with Crippen LogP contribution in [0.1, 0.15) is 37.6 Å². The van der Waals surface area contributed by atoms with Crippen molar-refractivity contribution in [2.24, 2.45) is 4.99 Å². The first kappa shape index (κ1) is 22.5. The second-order valence-corrected chi connectivity index (χ2v) is 9.18. The van der Waals surface area contributed by atoms with Gasteiger partial charge in [0.25, 0.3) is 10.0 Å². The average molecular weight is 472 g/mol. The number of hydrogen-bond acceptors (Lipinski definition) is 7. The van der Waals surface area contributed by atoms with Crippen LogP contribution in [0.3, 0.4) is 0 Å². The van der Waals surface area contributed by atoms with Crippen molar-refractivity contribution in [3.63, 3.8) is 0 Å². The number of nitrogens with one attached hydrogen (secondary N) is 2. The van der Waals surface area contributed by atoms with E-state index in [1.165, 1.54) is 28.9 Å². The highest BCUT2D eigenvalue weighted by Gasteiger charge is 2.31. The summed E-state index contributed by atoms with van der Waals surface area (Å²) in [6, 6.07) is 9.67. The molecule has 12 heteroatoms. The molecule has 1 aliphatic heterocycles. The topological polar surface area (TPSA) is 131 Å². The number of aryl methyl sites for hydroxylation is 1. The van der Waals surface area contributed by atoms with Crippen LogP contribution in [0.4, 0.5) is 10.1 Å². The zero-order valence-electron chi connectivity index (χ0n) is 18.0. The highest BCUT2D eigenvalue weighted by atomic mass is 32.2. The maximum Gasteiger partial charge on any atom is 0.263 e. The standard InChI is InChI=1S/C21H22FN7O3S/c1-3-4-8-17(24-20-15-7-5-6-9-19(15)33(31,32)26-20)21(30)23-14-10-11-16(22)18(12-14)29-13(2)25-27-28-29/h5-7,9-12,17H,3-4,8H2,1-2H3,(H,23,30)(H,24,26). The molecule has 3 aromatic rings. The molecule has 1 aliphatic rings. The molecule has 4 rings (SSSR count). The second kappa shape index (κ2) is 9.06. The van der Waals surface area contributed by atoms with E-state index in [0.717, 1.165) is 6.42 Å². The van der Waals surface area contributed by atoms with Gasteiger partial charge >= 0.3 is 0 Å². The maximum absolute atomic E-state index is 14.3. The molecule has 0 saturated carbocycles. The highest BCUT2D eigenvalue weighted by Crippen LogP contribution is 2.24. The number of anilines is 1. The summed E-state index contributed by atoms with van der Waals surface area (Å²) in [5.41, 5.74) is 0.842. The Bertz CT molecular complexity index is 1340. The van der Waals surface area contributed by atoms with Gasteiger partial charge in [-0.2, -0.15) is 4.68 Å². The first-order valence-electron chi connectivity index (χ1n) is 10.4. The number of aromatic nitrogens is 4. The number of benzene rings is 2. The molecule has 0 bridgehead atoms. The lowest BCUT2D eigenvalue weighted by molar-refractivity contribution is -0.117. The molecule has 2 aromatic carbocycles. The van der Waals surface area contributed by atoms with E-state index in [-0.39, 0.29) is 16.4 Å². The quantitative estimate of drug-likeness (QED) is 0.544. The van der Waals surface area contributed by atoms with Gasteiger partial charge in [0.05, 0.1) is 4.90 Å². The zero-order chi connectivity index (χ0) is 23.6. The van der Waals surface area contributed by atoms with Crippen LogP contribution in [0.2, 0.25) is 0 Å². The van der Waals surface area contributed by atoms with Crippen molar-refractivity contribution in [3.05, 3.63) is 59.7 Å². The molecule has 0 radical (unpaired) electrons. The molecule has 33 heavy (non-hydrogen) atoms. The van der Waals surface area contributed by atoms with Crippen molar-refractivity contribution in [2.45, 2.75) is 44.0 Å². The largest absolute Gasteiger partial charge is 0.324 e. The number of tetrazole rings is 1. The van der Waals surface area contributed by atoms with Gasteiger partial charge in [0.15, 0.2) is 5.82 Å². The Labute approximate surface area is 190 Å². The molecular formula is C21H22FN7O3S. The van der Waals surface area contributed by atoms with Crippen molar-refractivity contribution < 1.29 is 17.6 Å². The Morgan fingerprint density at radius 1 is 1.27 bits per heavy atom. The second-order valence-electron chi connectivity index (χ2n) is 7.53. The number of nitrogens with zero attached hydrogens (tertiary/aromatic N) is 5. The van der Waals surface area contributed by atoms with Crippen LogP contribution in [-0.2, 0) is 14.8 Å². The van der Waals surface area contributed by atoms with E-state index in [2.05, 4.69) is 30.6 Å². The van der Waals surface area contributed by atoms with Crippen LogP contribution >= 0.6 is 0 Å². The molecule has 10 nitrogen and oxygen atoms in total. The van der Waals surface area contributed by atoms with Crippen LogP contribution in [0.15, 0.2) is 52.4 Å². The fourth-order valence-electron chi connectivity index (χ4n) is 3.47. The van der Waals surface area contributed by atoms with Crippen LogP contribution in [0.5, 0.6) is 0 Å². The average Bonchev–Trinajstić information content (AvgIpc) is 3.33. The van der Waals surface area contributed by atoms with Crippen LogP contribution in [-0.4, -0.2) is 46.4 Å². The fraction of sp³-hybridized carbons (Fsp3) is 0.286. The number of hydrogen-bond donors (Lipinski definition) is 2. The number of sulfonamides is 1. The number of unbranched alkanes of at least 4 members (excludes halogenated alkanes) is 1. The van der Waals surface area contributed by atoms with Gasteiger partial charge in [-0.15, -0.1) is 5.10 Å². The van der Waals surface area contributed by atoms with Crippen LogP contribution in [0.25, 0.3) is 5.69 Å². The normalized spacial score (nSPS) is 16.3. The first-order valence-corrected chi connectivity index (χ1v) is 11.8. The molecule has 0 fully saturated rings. The van der Waals surface area contributed by atoms with E-state index in [0.29, 0.717) is 29.9 Å². The minimum Gasteiger partial charge on any atom is -0.324 e. The summed E-state index contributed by atoms with van der Waals surface area (Å²) in [7, 11) is -3.72. The number of halogens is 1. The first-order chi connectivity index (χ1) is 15.8. The summed E-state index contributed by atoms with van der Waals surface area (Å²) in [6.45, 7) is 3.61. The number of fused-ring (bicyclic) bond motifs is 1. The molecule has 2 N–H and O–H groups in total. The Kier molecular flexibility index (Phi) is 6.18. The lowest BCUT2D eigenvalue weighted by Crippen LogP contribution is -2.30. The SMILES string of the molecule is CCCCC(N=C1NS(=O)(=O)c2ccccc21)C(=O)Nc1ccc(F)c(-n2nnnc2C)c1.